The number of rotatable bonds is 4. The summed E-state index contributed by atoms with van der Waals surface area (Å²) in [6.07, 6.45) is 1.44. The molecule has 0 aliphatic carbocycles. The molecule has 7 nitrogen and oxygen atoms in total. The maximum absolute atomic E-state index is 10.5. The number of aliphatic imine (C=N–C) groups is 1. The van der Waals surface area contributed by atoms with Gasteiger partial charge in [-0.3, -0.25) is 10.1 Å². The Morgan fingerprint density at radius 2 is 1.30 bits per heavy atom. The fourth-order valence-corrected chi connectivity index (χ4v) is 1.40. The van der Waals surface area contributed by atoms with Crippen molar-refractivity contribution < 1.29 is 9.72 Å². The lowest BCUT2D eigenvalue weighted by Gasteiger charge is -1.94. The lowest BCUT2D eigenvalue weighted by molar-refractivity contribution is -0.384. The van der Waals surface area contributed by atoms with Crippen LogP contribution >= 0.6 is 0 Å². The van der Waals surface area contributed by atoms with E-state index < -0.39 is 4.92 Å². The van der Waals surface area contributed by atoms with E-state index in [2.05, 4.69) is 15.2 Å². The second-order valence-corrected chi connectivity index (χ2v) is 3.69. The van der Waals surface area contributed by atoms with Crippen LogP contribution in [-0.4, -0.2) is 11.0 Å². The summed E-state index contributed by atoms with van der Waals surface area (Å²) in [7, 11) is 0. The third kappa shape index (κ3) is 3.41. The summed E-state index contributed by atoms with van der Waals surface area (Å²) >= 11 is 0. The molecule has 0 saturated heterocycles. The van der Waals surface area contributed by atoms with Gasteiger partial charge in [-0.25, -0.2) is 4.79 Å². The highest BCUT2D eigenvalue weighted by Gasteiger charge is 2.02. The Labute approximate surface area is 113 Å². The van der Waals surface area contributed by atoms with Gasteiger partial charge in [-0.15, -0.1) is 0 Å². The summed E-state index contributed by atoms with van der Waals surface area (Å²) in [6.45, 7) is 0. The molecule has 98 valence electrons. The average Bonchev–Trinajstić information content (AvgIpc) is 2.47. The molecular formula is C13H8N4O3. The molecule has 0 heterocycles. The van der Waals surface area contributed by atoms with Crippen molar-refractivity contribution in [3.63, 3.8) is 0 Å². The summed E-state index contributed by atoms with van der Waals surface area (Å²) in [4.78, 5) is 23.5. The van der Waals surface area contributed by atoms with Gasteiger partial charge < -0.3 is 0 Å². The molecule has 0 bridgehead atoms. The van der Waals surface area contributed by atoms with Gasteiger partial charge in [0.2, 0.25) is 6.08 Å². The first-order valence-corrected chi connectivity index (χ1v) is 5.53. The highest BCUT2D eigenvalue weighted by atomic mass is 16.6. The Bertz CT molecular complexity index is 639. The minimum atomic E-state index is -0.479. The molecule has 0 radical (unpaired) electrons. The zero-order valence-corrected chi connectivity index (χ0v) is 10.1. The SMILES string of the molecule is O=C=Nc1ccc(/N=N/c2ccc([N+](=O)[O-])cc2)cc1. The quantitative estimate of drug-likeness (QED) is 0.276. The number of non-ortho nitro benzene ring substituents is 1. The molecule has 0 unspecified atom stereocenters. The van der Waals surface area contributed by atoms with Crippen molar-refractivity contribution in [3.05, 3.63) is 58.6 Å². The molecule has 2 rings (SSSR count). The van der Waals surface area contributed by atoms with Crippen molar-refractivity contribution in [2.45, 2.75) is 0 Å². The van der Waals surface area contributed by atoms with Gasteiger partial charge in [0.25, 0.3) is 5.69 Å². The van der Waals surface area contributed by atoms with Crippen LogP contribution in [0.2, 0.25) is 0 Å². The monoisotopic (exact) mass is 268 g/mol. The van der Waals surface area contributed by atoms with E-state index in [1.165, 1.54) is 30.3 Å². The van der Waals surface area contributed by atoms with E-state index in [4.69, 9.17) is 0 Å². The van der Waals surface area contributed by atoms with Gasteiger partial charge in [0.05, 0.1) is 22.0 Å². The first-order valence-electron chi connectivity index (χ1n) is 5.53. The van der Waals surface area contributed by atoms with Crippen LogP contribution in [-0.2, 0) is 4.79 Å². The van der Waals surface area contributed by atoms with E-state index in [1.54, 1.807) is 24.3 Å². The van der Waals surface area contributed by atoms with Crippen molar-refractivity contribution >= 4 is 28.8 Å². The lowest BCUT2D eigenvalue weighted by Crippen LogP contribution is -1.85. The molecule has 7 heteroatoms. The Balaban J connectivity index is 2.12. The zero-order chi connectivity index (χ0) is 14.4. The molecule has 0 saturated carbocycles. The highest BCUT2D eigenvalue weighted by molar-refractivity contribution is 5.53. The summed E-state index contributed by atoms with van der Waals surface area (Å²) in [5.74, 6) is 0. The smallest absolute Gasteiger partial charge is 0.258 e. The standard InChI is InChI=1S/C13H8N4O3/c18-9-14-10-1-3-11(4-2-10)15-16-12-5-7-13(8-6-12)17(19)20/h1-8H/b16-15+. The van der Waals surface area contributed by atoms with Gasteiger partial charge in [-0.1, -0.05) is 0 Å². The third-order valence-corrected chi connectivity index (χ3v) is 2.37. The normalized spacial score (nSPS) is 10.2. The van der Waals surface area contributed by atoms with E-state index in [0.717, 1.165) is 0 Å². The highest BCUT2D eigenvalue weighted by Crippen LogP contribution is 2.22. The number of nitro groups is 1. The molecule has 0 aromatic heterocycles. The summed E-state index contributed by atoms with van der Waals surface area (Å²) in [5.41, 5.74) is 1.56. The first-order chi connectivity index (χ1) is 9.69. The molecule has 2 aromatic rings. The van der Waals surface area contributed by atoms with Crippen LogP contribution in [0.3, 0.4) is 0 Å². The van der Waals surface area contributed by atoms with Crippen molar-refractivity contribution in [2.24, 2.45) is 15.2 Å². The number of azo groups is 1. The number of nitrogens with zero attached hydrogens (tertiary/aromatic N) is 4. The van der Waals surface area contributed by atoms with Crippen molar-refractivity contribution in [1.82, 2.24) is 0 Å². The molecule has 0 aliphatic heterocycles. The Hall–Kier alpha value is -3.18. The topological polar surface area (TPSA) is 97.3 Å². The van der Waals surface area contributed by atoms with Crippen molar-refractivity contribution in [1.29, 1.82) is 0 Å². The van der Waals surface area contributed by atoms with Gasteiger partial charge in [0.15, 0.2) is 0 Å². The van der Waals surface area contributed by atoms with E-state index in [0.29, 0.717) is 17.1 Å². The number of carbonyl (C=O) groups excluding carboxylic acids is 1. The number of hydrogen-bond acceptors (Lipinski definition) is 6. The molecule has 0 fully saturated rings. The molecule has 20 heavy (non-hydrogen) atoms. The van der Waals surface area contributed by atoms with E-state index in [-0.39, 0.29) is 5.69 Å². The van der Waals surface area contributed by atoms with Crippen LogP contribution in [0.5, 0.6) is 0 Å². The molecule has 0 atom stereocenters. The molecular weight excluding hydrogens is 260 g/mol. The van der Waals surface area contributed by atoms with Gasteiger partial charge in [0.1, 0.15) is 0 Å². The van der Waals surface area contributed by atoms with Crippen molar-refractivity contribution in [2.75, 3.05) is 0 Å². The lowest BCUT2D eigenvalue weighted by atomic mass is 10.3. The second-order valence-electron chi connectivity index (χ2n) is 3.69. The minimum absolute atomic E-state index is 0.0000254. The van der Waals surface area contributed by atoms with Gasteiger partial charge in [-0.05, 0) is 36.4 Å². The van der Waals surface area contributed by atoms with Crippen LogP contribution in [0, 0.1) is 10.1 Å². The van der Waals surface area contributed by atoms with Gasteiger partial charge >= 0.3 is 0 Å². The number of benzene rings is 2. The minimum Gasteiger partial charge on any atom is -0.258 e. The fourth-order valence-electron chi connectivity index (χ4n) is 1.40. The number of isocyanates is 1. The summed E-state index contributed by atoms with van der Waals surface area (Å²) in [6, 6.07) is 12.2. The Morgan fingerprint density at radius 1 is 0.850 bits per heavy atom. The van der Waals surface area contributed by atoms with Crippen molar-refractivity contribution in [3.8, 4) is 0 Å². The number of hydrogen-bond donors (Lipinski definition) is 0. The van der Waals surface area contributed by atoms with Crippen LogP contribution in [0.1, 0.15) is 0 Å². The van der Waals surface area contributed by atoms with Crippen LogP contribution in [0.15, 0.2) is 63.8 Å². The molecule has 0 spiro atoms. The Kier molecular flexibility index (Phi) is 4.06. The van der Waals surface area contributed by atoms with E-state index >= 15 is 0 Å². The number of nitro benzene ring substituents is 1. The van der Waals surface area contributed by atoms with Crippen LogP contribution < -0.4 is 0 Å². The fraction of sp³-hybridized carbons (Fsp3) is 0. The third-order valence-electron chi connectivity index (χ3n) is 2.37. The molecule has 0 N–H and O–H groups in total. The predicted octanol–water partition coefficient (Wildman–Crippen LogP) is 3.98. The molecule has 2 aromatic carbocycles. The van der Waals surface area contributed by atoms with Crippen LogP contribution in [0.25, 0.3) is 0 Å². The summed E-state index contributed by atoms with van der Waals surface area (Å²) in [5, 5.41) is 18.4. The average molecular weight is 268 g/mol. The Morgan fingerprint density at radius 3 is 1.75 bits per heavy atom. The molecule has 0 aliphatic rings. The predicted molar refractivity (Wildman–Crippen MR) is 71.5 cm³/mol. The van der Waals surface area contributed by atoms with Crippen LogP contribution in [0.4, 0.5) is 22.7 Å². The summed E-state index contributed by atoms with van der Waals surface area (Å²) < 4.78 is 0. The first kappa shape index (κ1) is 13.3. The second kappa shape index (κ2) is 6.12. The van der Waals surface area contributed by atoms with Gasteiger partial charge in [0, 0.05) is 12.1 Å². The van der Waals surface area contributed by atoms with E-state index in [9.17, 15) is 14.9 Å². The van der Waals surface area contributed by atoms with E-state index in [1.807, 2.05) is 0 Å². The van der Waals surface area contributed by atoms with Gasteiger partial charge in [-0.2, -0.15) is 15.2 Å². The maximum atomic E-state index is 10.5. The maximum Gasteiger partial charge on any atom is 0.269 e. The molecule has 0 amide bonds. The zero-order valence-electron chi connectivity index (χ0n) is 10.1. The largest absolute Gasteiger partial charge is 0.269 e.